The lowest BCUT2D eigenvalue weighted by Gasteiger charge is -2.12. The minimum Gasteiger partial charge on any atom is -0.395 e. The average molecular weight is 274 g/mol. The number of hydrogen-bond acceptors (Lipinski definition) is 1. The van der Waals surface area contributed by atoms with Crippen molar-refractivity contribution < 1.29 is 5.11 Å². The van der Waals surface area contributed by atoms with Gasteiger partial charge in [0, 0.05) is 4.83 Å². The van der Waals surface area contributed by atoms with Crippen molar-refractivity contribution in [3.8, 4) is 0 Å². The number of aliphatic hydroxyl groups excluding tert-OH is 1. The highest BCUT2D eigenvalue weighted by Gasteiger charge is 2.12. The van der Waals surface area contributed by atoms with Crippen molar-refractivity contribution in [3.63, 3.8) is 0 Å². The van der Waals surface area contributed by atoms with E-state index < -0.39 is 0 Å². The molecule has 0 radical (unpaired) electrons. The molecule has 0 aliphatic heterocycles. The van der Waals surface area contributed by atoms with Crippen molar-refractivity contribution in [2.75, 3.05) is 6.61 Å². The summed E-state index contributed by atoms with van der Waals surface area (Å²) in [6.07, 6.45) is 3.57. The molecule has 0 amide bonds. The van der Waals surface area contributed by atoms with E-state index in [0.29, 0.717) is 4.83 Å². The fourth-order valence-corrected chi connectivity index (χ4v) is 1.45. The zero-order chi connectivity index (χ0) is 7.98. The molecule has 0 aromatic heterocycles. The number of aliphatic hydroxyl groups is 1. The van der Waals surface area contributed by atoms with Crippen LogP contribution in [0.15, 0.2) is 0 Å². The molecule has 0 saturated carbocycles. The second kappa shape index (κ2) is 6.62. The Kier molecular flexibility index (Phi) is 7.23. The highest BCUT2D eigenvalue weighted by atomic mass is 79.9. The van der Waals surface area contributed by atoms with Gasteiger partial charge in [-0.2, -0.15) is 0 Å². The quantitative estimate of drug-likeness (QED) is 0.764. The highest BCUT2D eigenvalue weighted by molar-refractivity contribution is 9.12. The lowest BCUT2D eigenvalue weighted by Crippen LogP contribution is -2.17. The van der Waals surface area contributed by atoms with Gasteiger partial charge in [0.15, 0.2) is 0 Å². The maximum atomic E-state index is 8.73. The van der Waals surface area contributed by atoms with Gasteiger partial charge < -0.3 is 5.11 Å². The van der Waals surface area contributed by atoms with Gasteiger partial charge in [0.1, 0.15) is 0 Å². The first-order chi connectivity index (χ1) is 4.72. The summed E-state index contributed by atoms with van der Waals surface area (Å²) in [6.45, 7) is 2.38. The minimum absolute atomic E-state index is 0.207. The van der Waals surface area contributed by atoms with Crippen LogP contribution in [0.25, 0.3) is 0 Å². The summed E-state index contributed by atoms with van der Waals surface area (Å²) < 4.78 is 0. The van der Waals surface area contributed by atoms with Crippen LogP contribution in [0.3, 0.4) is 0 Å². The van der Waals surface area contributed by atoms with E-state index in [9.17, 15) is 0 Å². The van der Waals surface area contributed by atoms with Gasteiger partial charge in [0.2, 0.25) is 0 Å². The summed E-state index contributed by atoms with van der Waals surface area (Å²) in [4.78, 5) is 0.622. The second-order valence-corrected chi connectivity index (χ2v) is 4.71. The maximum Gasteiger partial charge on any atom is 0.0567 e. The van der Waals surface area contributed by atoms with Crippen molar-refractivity contribution in [3.05, 3.63) is 0 Å². The molecule has 10 heavy (non-hydrogen) atoms. The van der Waals surface area contributed by atoms with Crippen molar-refractivity contribution in [2.24, 2.45) is 0 Å². The van der Waals surface area contributed by atoms with Crippen LogP contribution >= 0.6 is 31.9 Å². The van der Waals surface area contributed by atoms with Crippen LogP contribution in [0.4, 0.5) is 0 Å². The summed E-state index contributed by atoms with van der Waals surface area (Å²) in [5, 5.41) is 8.73. The van der Waals surface area contributed by atoms with Crippen LogP contribution in [-0.4, -0.2) is 21.4 Å². The fourth-order valence-electron chi connectivity index (χ4n) is 0.694. The molecule has 0 rings (SSSR count). The van der Waals surface area contributed by atoms with Crippen molar-refractivity contribution in [1.82, 2.24) is 0 Å². The van der Waals surface area contributed by atoms with Gasteiger partial charge in [0.05, 0.1) is 11.4 Å². The first kappa shape index (κ1) is 10.9. The van der Waals surface area contributed by atoms with Crippen LogP contribution in [0, 0.1) is 0 Å². The van der Waals surface area contributed by atoms with Gasteiger partial charge in [-0.3, -0.25) is 0 Å². The molecule has 3 heteroatoms. The van der Waals surface area contributed by atoms with Crippen molar-refractivity contribution in [2.45, 2.75) is 35.8 Å². The summed E-state index contributed by atoms with van der Waals surface area (Å²) >= 11 is 6.87. The highest BCUT2D eigenvalue weighted by Crippen LogP contribution is 2.19. The molecule has 0 aliphatic rings. The third-order valence-electron chi connectivity index (χ3n) is 1.40. The maximum absolute atomic E-state index is 8.73. The normalized spacial score (nSPS) is 16.8. The molecule has 2 atom stereocenters. The van der Waals surface area contributed by atoms with Gasteiger partial charge in [0.25, 0.3) is 0 Å². The Balaban J connectivity index is 3.31. The first-order valence-electron chi connectivity index (χ1n) is 3.61. The van der Waals surface area contributed by atoms with Gasteiger partial charge in [-0.05, 0) is 6.42 Å². The summed E-state index contributed by atoms with van der Waals surface area (Å²) in [6, 6.07) is 0. The number of alkyl halides is 2. The molecule has 0 fully saturated rings. The van der Waals surface area contributed by atoms with E-state index in [1.54, 1.807) is 0 Å². The number of rotatable bonds is 5. The zero-order valence-corrected chi connectivity index (χ0v) is 9.36. The van der Waals surface area contributed by atoms with Crippen LogP contribution < -0.4 is 0 Å². The molecular weight excluding hydrogens is 260 g/mol. The average Bonchev–Trinajstić information content (AvgIpc) is 1.98. The molecule has 1 N–H and O–H groups in total. The van der Waals surface area contributed by atoms with Crippen LogP contribution in [0.1, 0.15) is 26.2 Å². The van der Waals surface area contributed by atoms with E-state index in [4.69, 9.17) is 5.11 Å². The van der Waals surface area contributed by atoms with E-state index in [1.165, 1.54) is 12.8 Å². The number of hydrogen-bond donors (Lipinski definition) is 1. The lowest BCUT2D eigenvalue weighted by molar-refractivity contribution is 0.293. The summed E-state index contributed by atoms with van der Waals surface area (Å²) in [5.74, 6) is 0. The van der Waals surface area contributed by atoms with E-state index in [0.717, 1.165) is 6.42 Å². The topological polar surface area (TPSA) is 20.2 Å². The molecule has 1 nitrogen and oxygen atoms in total. The van der Waals surface area contributed by atoms with E-state index in [-0.39, 0.29) is 11.4 Å². The first-order valence-corrected chi connectivity index (χ1v) is 5.44. The molecule has 62 valence electrons. The van der Waals surface area contributed by atoms with Crippen molar-refractivity contribution >= 4 is 31.9 Å². The Morgan fingerprint density at radius 3 is 2.30 bits per heavy atom. The van der Waals surface area contributed by atoms with Crippen LogP contribution in [-0.2, 0) is 0 Å². The minimum atomic E-state index is 0.207. The third kappa shape index (κ3) is 4.69. The Bertz CT molecular complexity index is 78.0. The summed E-state index contributed by atoms with van der Waals surface area (Å²) in [7, 11) is 0. The van der Waals surface area contributed by atoms with Gasteiger partial charge in [-0.15, -0.1) is 0 Å². The molecule has 0 aromatic carbocycles. The Labute approximate surface area is 79.5 Å². The SMILES string of the molecule is CCCC[C@H](Br)[C@H](Br)CO. The second-order valence-electron chi connectivity index (χ2n) is 2.36. The predicted molar refractivity (Wildman–Crippen MR) is 52.0 cm³/mol. The number of halogens is 2. The van der Waals surface area contributed by atoms with E-state index >= 15 is 0 Å². The smallest absolute Gasteiger partial charge is 0.0567 e. The lowest BCUT2D eigenvalue weighted by atomic mass is 10.2. The largest absolute Gasteiger partial charge is 0.395 e. The van der Waals surface area contributed by atoms with Crippen LogP contribution in [0.2, 0.25) is 0 Å². The number of unbranched alkanes of at least 4 members (excludes halogenated alkanes) is 1. The van der Waals surface area contributed by atoms with Gasteiger partial charge >= 0.3 is 0 Å². The zero-order valence-electron chi connectivity index (χ0n) is 6.19. The molecule has 0 spiro atoms. The van der Waals surface area contributed by atoms with Crippen molar-refractivity contribution in [1.29, 1.82) is 0 Å². The van der Waals surface area contributed by atoms with Crippen LogP contribution in [0.5, 0.6) is 0 Å². The van der Waals surface area contributed by atoms with E-state index in [2.05, 4.69) is 38.8 Å². The van der Waals surface area contributed by atoms with Gasteiger partial charge in [-0.1, -0.05) is 51.6 Å². The molecule has 0 unspecified atom stereocenters. The fraction of sp³-hybridized carbons (Fsp3) is 1.00. The Morgan fingerprint density at radius 1 is 1.30 bits per heavy atom. The Morgan fingerprint density at radius 2 is 1.90 bits per heavy atom. The molecular formula is C7H14Br2O. The Hall–Kier alpha value is 0.920. The third-order valence-corrected chi connectivity index (χ3v) is 4.13. The monoisotopic (exact) mass is 272 g/mol. The molecule has 0 heterocycles. The van der Waals surface area contributed by atoms with Gasteiger partial charge in [-0.25, -0.2) is 0 Å². The molecule has 0 saturated heterocycles. The molecule has 0 aliphatic carbocycles. The molecule has 0 aromatic rings. The molecule has 0 bridgehead atoms. The summed E-state index contributed by atoms with van der Waals surface area (Å²) in [5.41, 5.74) is 0. The van der Waals surface area contributed by atoms with E-state index in [1.807, 2.05) is 0 Å². The predicted octanol–water partition coefficient (Wildman–Crippen LogP) is 2.70. The standard InChI is InChI=1S/C7H14Br2O/c1-2-3-4-6(8)7(9)5-10/h6-7,10H,2-5H2,1H3/t6-,7+/m0/s1.